The zero-order valence-corrected chi connectivity index (χ0v) is 8.63. The summed E-state index contributed by atoms with van der Waals surface area (Å²) in [5.74, 6) is -1.61. The highest BCUT2D eigenvalue weighted by Gasteiger charge is 2.10. The van der Waals surface area contributed by atoms with Crippen molar-refractivity contribution in [3.8, 4) is 0 Å². The first kappa shape index (κ1) is 13.2. The molecule has 0 heterocycles. The number of hydrogen-bond donors (Lipinski definition) is 3. The molecule has 0 bridgehead atoms. The highest BCUT2D eigenvalue weighted by atomic mass is 16.2. The smallest absolute Gasteiger partial charge is 0.309 e. The summed E-state index contributed by atoms with van der Waals surface area (Å²) >= 11 is 0. The van der Waals surface area contributed by atoms with Crippen LogP contribution in [0, 0.1) is 0 Å². The number of hydrogen-bond acceptors (Lipinski definition) is 3. The third kappa shape index (κ3) is 7.24. The Labute approximate surface area is 88.1 Å². The molecule has 0 aromatic carbocycles. The van der Waals surface area contributed by atoms with Gasteiger partial charge in [-0.05, 0) is 0 Å². The van der Waals surface area contributed by atoms with Crippen LogP contribution >= 0.6 is 0 Å². The molecule has 0 saturated carbocycles. The summed E-state index contributed by atoms with van der Waals surface area (Å²) < 4.78 is 0. The van der Waals surface area contributed by atoms with Crippen molar-refractivity contribution in [2.24, 2.45) is 0 Å². The van der Waals surface area contributed by atoms with Gasteiger partial charge in [0, 0.05) is 26.6 Å². The number of carbonyl (C=O) groups is 3. The summed E-state index contributed by atoms with van der Waals surface area (Å²) in [6, 6.07) is 0. The lowest BCUT2D eigenvalue weighted by atomic mass is 10.5. The third-order valence-electron chi connectivity index (χ3n) is 1.40. The van der Waals surface area contributed by atoms with Crippen molar-refractivity contribution in [2.75, 3.05) is 19.6 Å². The monoisotopic (exact) mass is 213 g/mol. The van der Waals surface area contributed by atoms with Gasteiger partial charge in [-0.15, -0.1) is 6.58 Å². The second-order valence-electron chi connectivity index (χ2n) is 2.74. The number of nitrogens with one attached hydrogen (secondary N) is 3. The lowest BCUT2D eigenvalue weighted by Gasteiger charge is -2.05. The van der Waals surface area contributed by atoms with Crippen LogP contribution in [0.5, 0.6) is 0 Å². The zero-order chi connectivity index (χ0) is 11.7. The summed E-state index contributed by atoms with van der Waals surface area (Å²) in [6.45, 7) is 5.54. The van der Waals surface area contributed by atoms with E-state index in [0.717, 1.165) is 0 Å². The van der Waals surface area contributed by atoms with Crippen LogP contribution in [-0.4, -0.2) is 37.4 Å². The van der Waals surface area contributed by atoms with Crippen LogP contribution < -0.4 is 16.0 Å². The zero-order valence-electron chi connectivity index (χ0n) is 8.63. The Kier molecular flexibility index (Phi) is 6.61. The van der Waals surface area contributed by atoms with E-state index in [2.05, 4.69) is 22.5 Å². The predicted octanol–water partition coefficient (Wildman–Crippen LogP) is -1.46. The fourth-order valence-corrected chi connectivity index (χ4v) is 0.740. The van der Waals surface area contributed by atoms with E-state index < -0.39 is 11.8 Å². The predicted molar refractivity (Wildman–Crippen MR) is 54.9 cm³/mol. The van der Waals surface area contributed by atoms with Gasteiger partial charge in [-0.25, -0.2) is 0 Å². The standard InChI is InChI=1S/C9H15N3O3/c1-3-4-11-8(14)9(15)12-6-5-10-7(2)13/h3H,1,4-6H2,2H3,(H,10,13)(H,11,14)(H,12,15). The van der Waals surface area contributed by atoms with E-state index in [1.165, 1.54) is 13.0 Å². The van der Waals surface area contributed by atoms with Crippen molar-refractivity contribution < 1.29 is 14.4 Å². The van der Waals surface area contributed by atoms with Crippen LogP contribution in [-0.2, 0) is 14.4 Å². The molecule has 0 aromatic heterocycles. The van der Waals surface area contributed by atoms with Crippen LogP contribution in [0.15, 0.2) is 12.7 Å². The molecule has 0 aliphatic carbocycles. The Morgan fingerprint density at radius 3 is 2.13 bits per heavy atom. The molecule has 6 nitrogen and oxygen atoms in total. The second kappa shape index (κ2) is 7.54. The molecule has 3 amide bonds. The quantitative estimate of drug-likeness (QED) is 0.296. The maximum Gasteiger partial charge on any atom is 0.309 e. The molecular formula is C9H15N3O3. The van der Waals surface area contributed by atoms with Crippen LogP contribution in [0.25, 0.3) is 0 Å². The fraction of sp³-hybridized carbons (Fsp3) is 0.444. The summed E-state index contributed by atoms with van der Waals surface area (Å²) in [4.78, 5) is 32.4. The molecule has 0 aliphatic heterocycles. The lowest BCUT2D eigenvalue weighted by Crippen LogP contribution is -2.42. The van der Waals surface area contributed by atoms with E-state index in [9.17, 15) is 14.4 Å². The minimum Gasteiger partial charge on any atom is -0.355 e. The SMILES string of the molecule is C=CCNC(=O)C(=O)NCCNC(C)=O. The summed E-state index contributed by atoms with van der Waals surface area (Å²) in [5.41, 5.74) is 0. The minimum absolute atomic E-state index is 0.180. The maximum absolute atomic E-state index is 11.0. The van der Waals surface area contributed by atoms with Gasteiger partial charge in [0.2, 0.25) is 5.91 Å². The largest absolute Gasteiger partial charge is 0.355 e. The molecule has 0 atom stereocenters. The Morgan fingerprint density at radius 2 is 1.60 bits per heavy atom. The molecule has 3 N–H and O–H groups in total. The van der Waals surface area contributed by atoms with Gasteiger partial charge in [-0.2, -0.15) is 0 Å². The normalized spacial score (nSPS) is 8.87. The highest BCUT2D eigenvalue weighted by molar-refractivity contribution is 6.35. The van der Waals surface area contributed by atoms with Crippen LogP contribution in [0.4, 0.5) is 0 Å². The van der Waals surface area contributed by atoms with Crippen molar-refractivity contribution in [2.45, 2.75) is 6.92 Å². The first-order valence-corrected chi connectivity index (χ1v) is 4.49. The van der Waals surface area contributed by atoms with E-state index in [1.54, 1.807) is 0 Å². The molecular weight excluding hydrogens is 198 g/mol. The van der Waals surface area contributed by atoms with E-state index in [4.69, 9.17) is 0 Å². The van der Waals surface area contributed by atoms with Crippen molar-refractivity contribution in [3.05, 3.63) is 12.7 Å². The molecule has 0 unspecified atom stereocenters. The van der Waals surface area contributed by atoms with Gasteiger partial charge >= 0.3 is 11.8 Å². The van der Waals surface area contributed by atoms with Gasteiger partial charge in [0.25, 0.3) is 0 Å². The minimum atomic E-state index is -0.720. The summed E-state index contributed by atoms with van der Waals surface area (Å²) in [5, 5.41) is 7.15. The van der Waals surface area contributed by atoms with Gasteiger partial charge < -0.3 is 16.0 Å². The highest BCUT2D eigenvalue weighted by Crippen LogP contribution is 1.69. The number of rotatable bonds is 5. The van der Waals surface area contributed by atoms with Gasteiger partial charge in [-0.1, -0.05) is 6.08 Å². The molecule has 6 heteroatoms. The topological polar surface area (TPSA) is 87.3 Å². The van der Waals surface area contributed by atoms with E-state index >= 15 is 0 Å². The molecule has 0 rings (SSSR count). The second-order valence-corrected chi connectivity index (χ2v) is 2.74. The molecule has 0 fully saturated rings. The average Bonchev–Trinajstić information content (AvgIpc) is 2.20. The van der Waals surface area contributed by atoms with Gasteiger partial charge in [-0.3, -0.25) is 14.4 Å². The van der Waals surface area contributed by atoms with E-state index in [1.807, 2.05) is 0 Å². The van der Waals surface area contributed by atoms with Gasteiger partial charge in [0.05, 0.1) is 0 Å². The first-order chi connectivity index (χ1) is 7.07. The molecule has 0 spiro atoms. The Balaban J connectivity index is 3.59. The summed E-state index contributed by atoms with van der Waals surface area (Å²) in [7, 11) is 0. The lowest BCUT2D eigenvalue weighted by molar-refractivity contribution is -0.139. The Bertz CT molecular complexity index is 263. The molecule has 84 valence electrons. The molecule has 0 radical (unpaired) electrons. The summed E-state index contributed by atoms with van der Waals surface area (Å²) in [6.07, 6.45) is 1.47. The van der Waals surface area contributed by atoms with Gasteiger partial charge in [0.15, 0.2) is 0 Å². The van der Waals surface area contributed by atoms with Crippen LogP contribution in [0.1, 0.15) is 6.92 Å². The number of amides is 3. The molecule has 0 saturated heterocycles. The van der Waals surface area contributed by atoms with Crippen molar-refractivity contribution in [1.29, 1.82) is 0 Å². The molecule has 0 aliphatic rings. The fourth-order valence-electron chi connectivity index (χ4n) is 0.740. The Morgan fingerprint density at radius 1 is 1.07 bits per heavy atom. The van der Waals surface area contributed by atoms with Crippen LogP contribution in [0.3, 0.4) is 0 Å². The third-order valence-corrected chi connectivity index (χ3v) is 1.40. The van der Waals surface area contributed by atoms with Crippen molar-refractivity contribution >= 4 is 17.7 Å². The van der Waals surface area contributed by atoms with Gasteiger partial charge in [0.1, 0.15) is 0 Å². The first-order valence-electron chi connectivity index (χ1n) is 4.49. The van der Waals surface area contributed by atoms with Crippen molar-refractivity contribution in [1.82, 2.24) is 16.0 Å². The Hall–Kier alpha value is -1.85. The van der Waals surface area contributed by atoms with Crippen molar-refractivity contribution in [3.63, 3.8) is 0 Å². The average molecular weight is 213 g/mol. The molecule has 15 heavy (non-hydrogen) atoms. The molecule has 0 aromatic rings. The number of carbonyl (C=O) groups excluding carboxylic acids is 3. The maximum atomic E-state index is 11.0. The van der Waals surface area contributed by atoms with E-state index in [-0.39, 0.29) is 19.0 Å². The van der Waals surface area contributed by atoms with Crippen LogP contribution in [0.2, 0.25) is 0 Å². The van der Waals surface area contributed by atoms with E-state index in [0.29, 0.717) is 6.54 Å².